The number of aryl methyl sites for hydroxylation is 1. The molecule has 0 aliphatic carbocycles. The van der Waals surface area contributed by atoms with Crippen molar-refractivity contribution in [3.63, 3.8) is 0 Å². The van der Waals surface area contributed by atoms with E-state index in [1.54, 1.807) is 17.4 Å². The van der Waals surface area contributed by atoms with Crippen molar-refractivity contribution < 1.29 is 4.39 Å². The Hall–Kier alpha value is -0.940. The summed E-state index contributed by atoms with van der Waals surface area (Å²) in [7, 11) is 0. The summed E-state index contributed by atoms with van der Waals surface area (Å²) in [6, 6.07) is 4.67. The molecular formula is C12H12BrFN2S. The van der Waals surface area contributed by atoms with Crippen molar-refractivity contribution in [2.24, 2.45) is 0 Å². The third kappa shape index (κ3) is 3.26. The molecule has 0 bridgehead atoms. The van der Waals surface area contributed by atoms with Gasteiger partial charge in [-0.2, -0.15) is 0 Å². The summed E-state index contributed by atoms with van der Waals surface area (Å²) in [6.07, 6.45) is 0.932. The number of nitrogens with zero attached hydrogens (tertiary/aromatic N) is 1. The van der Waals surface area contributed by atoms with Gasteiger partial charge in [0.05, 0.1) is 5.69 Å². The number of hydrogen-bond acceptors (Lipinski definition) is 3. The molecule has 1 aromatic heterocycles. The van der Waals surface area contributed by atoms with Gasteiger partial charge in [0.25, 0.3) is 0 Å². The third-order valence-corrected chi connectivity index (χ3v) is 3.97. The maximum Gasteiger partial charge on any atom is 0.183 e. The van der Waals surface area contributed by atoms with E-state index >= 15 is 0 Å². The van der Waals surface area contributed by atoms with Crippen LogP contribution in [0.25, 0.3) is 0 Å². The molecule has 0 aliphatic rings. The average molecular weight is 315 g/mol. The number of anilines is 1. The van der Waals surface area contributed by atoms with Gasteiger partial charge in [0, 0.05) is 16.4 Å². The Kier molecular flexibility index (Phi) is 4.12. The van der Waals surface area contributed by atoms with E-state index in [1.165, 1.54) is 12.1 Å². The average Bonchev–Trinajstić information content (AvgIpc) is 2.78. The zero-order valence-corrected chi connectivity index (χ0v) is 11.7. The van der Waals surface area contributed by atoms with Crippen molar-refractivity contribution in [1.82, 2.24) is 4.98 Å². The Morgan fingerprint density at radius 2 is 2.29 bits per heavy atom. The predicted molar refractivity (Wildman–Crippen MR) is 72.9 cm³/mol. The van der Waals surface area contributed by atoms with Crippen LogP contribution in [0.2, 0.25) is 0 Å². The van der Waals surface area contributed by atoms with E-state index in [2.05, 4.69) is 33.2 Å². The maximum absolute atomic E-state index is 13.1. The van der Waals surface area contributed by atoms with E-state index in [4.69, 9.17) is 0 Å². The van der Waals surface area contributed by atoms with E-state index in [9.17, 15) is 4.39 Å². The molecule has 0 saturated heterocycles. The molecule has 0 amide bonds. The third-order valence-electron chi connectivity index (χ3n) is 2.35. The molecule has 1 aromatic carbocycles. The molecule has 0 saturated carbocycles. The maximum atomic E-state index is 13.1. The first-order valence-corrected chi connectivity index (χ1v) is 6.98. The van der Waals surface area contributed by atoms with Gasteiger partial charge in [-0.25, -0.2) is 9.37 Å². The summed E-state index contributed by atoms with van der Waals surface area (Å²) in [5.41, 5.74) is 1.97. The van der Waals surface area contributed by atoms with E-state index < -0.39 is 0 Å². The minimum Gasteiger partial charge on any atom is -0.357 e. The van der Waals surface area contributed by atoms with Gasteiger partial charge in [0.2, 0.25) is 0 Å². The highest BCUT2D eigenvalue weighted by Gasteiger charge is 2.04. The van der Waals surface area contributed by atoms with Crippen molar-refractivity contribution in [2.75, 3.05) is 5.32 Å². The molecule has 17 heavy (non-hydrogen) atoms. The fraction of sp³-hybridized carbons (Fsp3) is 0.250. The molecule has 2 nitrogen and oxygen atoms in total. The second-order valence-corrected chi connectivity index (χ2v) is 5.30. The Morgan fingerprint density at radius 3 is 3.00 bits per heavy atom. The molecule has 0 fully saturated rings. The van der Waals surface area contributed by atoms with Crippen LogP contribution in [0.4, 0.5) is 9.52 Å². The molecule has 0 unspecified atom stereocenters. The van der Waals surface area contributed by atoms with Crippen LogP contribution < -0.4 is 5.32 Å². The molecule has 5 heteroatoms. The second kappa shape index (κ2) is 5.60. The quantitative estimate of drug-likeness (QED) is 0.914. The molecule has 1 heterocycles. The second-order valence-electron chi connectivity index (χ2n) is 3.59. The summed E-state index contributed by atoms with van der Waals surface area (Å²) < 4.78 is 14.0. The van der Waals surface area contributed by atoms with Crippen LogP contribution in [0.5, 0.6) is 0 Å². The Morgan fingerprint density at radius 1 is 1.47 bits per heavy atom. The summed E-state index contributed by atoms with van der Waals surface area (Å²) in [5.74, 6) is -0.224. The molecule has 2 aromatic rings. The highest BCUT2D eigenvalue weighted by atomic mass is 79.9. The molecule has 0 atom stereocenters. The standard InChI is InChI=1S/C12H12BrFN2S/c1-2-10-7-17-12(16-10)15-6-8-5-9(14)3-4-11(8)13/h3-5,7H,2,6H2,1H3,(H,15,16). The van der Waals surface area contributed by atoms with Gasteiger partial charge in [-0.3, -0.25) is 0 Å². The normalized spacial score (nSPS) is 10.5. The Labute approximate surface area is 112 Å². The van der Waals surface area contributed by atoms with E-state index in [1.807, 2.05) is 5.38 Å². The highest BCUT2D eigenvalue weighted by molar-refractivity contribution is 9.10. The largest absolute Gasteiger partial charge is 0.357 e. The summed E-state index contributed by atoms with van der Waals surface area (Å²) in [5, 5.41) is 6.10. The van der Waals surface area contributed by atoms with Crippen LogP contribution in [-0.4, -0.2) is 4.98 Å². The fourth-order valence-electron chi connectivity index (χ4n) is 1.40. The molecule has 0 radical (unpaired) electrons. The van der Waals surface area contributed by atoms with Crippen molar-refractivity contribution in [2.45, 2.75) is 19.9 Å². The molecule has 1 N–H and O–H groups in total. The minimum absolute atomic E-state index is 0.224. The lowest BCUT2D eigenvalue weighted by molar-refractivity contribution is 0.625. The van der Waals surface area contributed by atoms with Crippen molar-refractivity contribution in [3.8, 4) is 0 Å². The van der Waals surface area contributed by atoms with Crippen molar-refractivity contribution in [3.05, 3.63) is 45.1 Å². The fourth-order valence-corrected chi connectivity index (χ4v) is 2.58. The Bertz CT molecular complexity index is 513. The molecule has 2 rings (SSSR count). The lowest BCUT2D eigenvalue weighted by atomic mass is 10.2. The Balaban J connectivity index is 2.04. The van der Waals surface area contributed by atoms with Gasteiger partial charge < -0.3 is 5.32 Å². The minimum atomic E-state index is -0.224. The number of hydrogen-bond donors (Lipinski definition) is 1. The highest BCUT2D eigenvalue weighted by Crippen LogP contribution is 2.21. The van der Waals surface area contributed by atoms with Gasteiger partial charge in [0.1, 0.15) is 5.82 Å². The van der Waals surface area contributed by atoms with E-state index in [-0.39, 0.29) is 5.82 Å². The summed E-state index contributed by atoms with van der Waals surface area (Å²) in [4.78, 5) is 4.39. The zero-order chi connectivity index (χ0) is 12.3. The summed E-state index contributed by atoms with van der Waals surface area (Å²) in [6.45, 7) is 2.64. The molecule has 90 valence electrons. The first-order chi connectivity index (χ1) is 8.19. The van der Waals surface area contributed by atoms with Gasteiger partial charge in [-0.15, -0.1) is 11.3 Å². The summed E-state index contributed by atoms with van der Waals surface area (Å²) >= 11 is 4.97. The number of aromatic nitrogens is 1. The van der Waals surface area contributed by atoms with Gasteiger partial charge >= 0.3 is 0 Å². The van der Waals surface area contributed by atoms with Gasteiger partial charge in [0.15, 0.2) is 5.13 Å². The van der Waals surface area contributed by atoms with Crippen molar-refractivity contribution in [1.29, 1.82) is 0 Å². The lowest BCUT2D eigenvalue weighted by Crippen LogP contribution is -2.00. The number of rotatable bonds is 4. The predicted octanol–water partition coefficient (Wildman–Crippen LogP) is 4.22. The van der Waals surface area contributed by atoms with Crippen LogP contribution in [0.15, 0.2) is 28.1 Å². The van der Waals surface area contributed by atoms with Crippen LogP contribution >= 0.6 is 27.3 Å². The zero-order valence-electron chi connectivity index (χ0n) is 9.34. The molecular weight excluding hydrogens is 303 g/mol. The van der Waals surface area contributed by atoms with Crippen LogP contribution in [0.3, 0.4) is 0 Å². The van der Waals surface area contributed by atoms with Crippen molar-refractivity contribution >= 4 is 32.4 Å². The number of nitrogens with one attached hydrogen (secondary N) is 1. The van der Waals surface area contributed by atoms with E-state index in [0.717, 1.165) is 27.3 Å². The topological polar surface area (TPSA) is 24.9 Å². The number of thiazole rings is 1. The van der Waals surface area contributed by atoms with Crippen LogP contribution in [0, 0.1) is 5.82 Å². The van der Waals surface area contributed by atoms with Crippen LogP contribution in [0.1, 0.15) is 18.2 Å². The molecule has 0 aliphatic heterocycles. The van der Waals surface area contributed by atoms with Gasteiger partial charge in [-0.1, -0.05) is 22.9 Å². The SMILES string of the molecule is CCc1csc(NCc2cc(F)ccc2Br)n1. The van der Waals surface area contributed by atoms with Gasteiger partial charge in [-0.05, 0) is 30.2 Å². The van der Waals surface area contributed by atoms with Crippen LogP contribution in [-0.2, 0) is 13.0 Å². The number of benzene rings is 1. The lowest BCUT2D eigenvalue weighted by Gasteiger charge is -2.05. The first-order valence-electron chi connectivity index (χ1n) is 5.31. The number of halogens is 2. The molecule has 0 spiro atoms. The first kappa shape index (κ1) is 12.5. The smallest absolute Gasteiger partial charge is 0.183 e. The van der Waals surface area contributed by atoms with E-state index in [0.29, 0.717) is 6.54 Å². The monoisotopic (exact) mass is 314 g/mol.